The number of carbonyl (C=O) groups is 4. The lowest BCUT2D eigenvalue weighted by Gasteiger charge is -2.33. The minimum Gasteiger partial charge on any atom is -0.508 e. The maximum Gasteiger partial charge on any atom is 0.408 e. The van der Waals surface area contributed by atoms with Crippen molar-refractivity contribution < 1.29 is 33.8 Å². The summed E-state index contributed by atoms with van der Waals surface area (Å²) in [7, 11) is 0. The Bertz CT molecular complexity index is 1250. The summed E-state index contributed by atoms with van der Waals surface area (Å²) in [6, 6.07) is 12.5. The summed E-state index contributed by atoms with van der Waals surface area (Å²) in [6.45, 7) is 8.24. The molecule has 0 bridgehead atoms. The van der Waals surface area contributed by atoms with Crippen LogP contribution in [0.5, 0.6) is 5.75 Å². The van der Waals surface area contributed by atoms with Crippen molar-refractivity contribution in [1.29, 1.82) is 5.26 Å². The fraction of sp³-hybridized carbons (Fsp3) is 0.433. The van der Waals surface area contributed by atoms with E-state index >= 15 is 0 Å². The van der Waals surface area contributed by atoms with Crippen molar-refractivity contribution in [1.82, 2.24) is 15.5 Å². The monoisotopic (exact) mass is 566 g/mol. The smallest absolute Gasteiger partial charge is 0.408 e. The number of benzene rings is 2. The molecule has 3 amide bonds. The van der Waals surface area contributed by atoms with Crippen LogP contribution in [-0.2, 0) is 30.3 Å². The number of esters is 1. The zero-order chi connectivity index (χ0) is 30.6. The van der Waals surface area contributed by atoms with E-state index < -0.39 is 48.1 Å². The zero-order valence-electron chi connectivity index (χ0n) is 24.1. The summed E-state index contributed by atoms with van der Waals surface area (Å²) < 4.78 is 10.3. The third-order valence-electron chi connectivity index (χ3n) is 5.74. The lowest BCUT2D eigenvalue weighted by molar-refractivity contribution is -0.144. The molecule has 2 unspecified atom stereocenters. The number of rotatable bonds is 12. The Morgan fingerprint density at radius 2 is 1.78 bits per heavy atom. The van der Waals surface area contributed by atoms with Gasteiger partial charge in [0.25, 0.3) is 0 Å². The number of aromatic hydroxyl groups is 1. The Kier molecular flexibility index (Phi) is 12.1. The van der Waals surface area contributed by atoms with Gasteiger partial charge in [-0.05, 0) is 57.9 Å². The van der Waals surface area contributed by atoms with Crippen molar-refractivity contribution >= 4 is 23.9 Å². The highest BCUT2D eigenvalue weighted by Crippen LogP contribution is 2.24. The molecule has 0 heterocycles. The van der Waals surface area contributed by atoms with Crippen molar-refractivity contribution in [3.05, 3.63) is 65.2 Å². The van der Waals surface area contributed by atoms with E-state index in [-0.39, 0.29) is 31.7 Å². The maximum atomic E-state index is 14.1. The number of ether oxygens (including phenoxy) is 2. The molecule has 0 fully saturated rings. The number of phenolic OH excluding ortho intramolecular Hbond substituents is 1. The number of phenols is 1. The number of hydrogen-bond donors (Lipinski definition) is 3. The van der Waals surface area contributed by atoms with Crippen molar-refractivity contribution in [3.63, 3.8) is 0 Å². The predicted molar refractivity (Wildman–Crippen MR) is 150 cm³/mol. The Labute approximate surface area is 240 Å². The van der Waals surface area contributed by atoms with Crippen LogP contribution < -0.4 is 10.6 Å². The van der Waals surface area contributed by atoms with Gasteiger partial charge in [-0.3, -0.25) is 14.4 Å². The fourth-order valence-corrected chi connectivity index (χ4v) is 4.02. The number of carbonyl (C=O) groups excluding carboxylic acids is 4. The van der Waals surface area contributed by atoms with E-state index in [0.29, 0.717) is 11.1 Å². The highest BCUT2D eigenvalue weighted by Gasteiger charge is 2.36. The molecule has 11 nitrogen and oxygen atoms in total. The van der Waals surface area contributed by atoms with E-state index in [2.05, 4.69) is 10.6 Å². The first-order valence-electron chi connectivity index (χ1n) is 13.3. The van der Waals surface area contributed by atoms with Crippen LogP contribution in [0.4, 0.5) is 4.79 Å². The van der Waals surface area contributed by atoms with Gasteiger partial charge < -0.3 is 30.1 Å². The molecule has 2 aromatic rings. The SMILES string of the molecule is CCOC(=O)CCNC(=O)C(c1cccc(C)c1)N(CC#N)C(=O)C(Cc1ccc(O)cc1)NC(=O)OC(C)(C)C. The molecule has 11 heteroatoms. The molecular formula is C30H38N4O7. The average molecular weight is 567 g/mol. The summed E-state index contributed by atoms with van der Waals surface area (Å²) in [4.78, 5) is 53.2. The van der Waals surface area contributed by atoms with E-state index in [9.17, 15) is 29.5 Å². The van der Waals surface area contributed by atoms with E-state index in [4.69, 9.17) is 9.47 Å². The van der Waals surface area contributed by atoms with E-state index in [0.717, 1.165) is 10.5 Å². The molecule has 41 heavy (non-hydrogen) atoms. The van der Waals surface area contributed by atoms with Crippen LogP contribution in [-0.4, -0.2) is 65.2 Å². The standard InChI is InChI=1S/C30H38N4O7/c1-6-40-25(36)14-16-32-27(37)26(22-9-7-8-20(2)18-22)34(17-15-31)28(38)24(33-29(39)41-30(3,4)5)19-21-10-12-23(35)13-11-21/h7-13,18,24,26,35H,6,14,16-17,19H2,1-5H3,(H,32,37)(H,33,39). The Hall–Kier alpha value is -4.59. The highest BCUT2D eigenvalue weighted by molar-refractivity contribution is 5.92. The van der Waals surface area contributed by atoms with Gasteiger partial charge in [-0.25, -0.2) is 4.79 Å². The summed E-state index contributed by atoms with van der Waals surface area (Å²) in [5.41, 5.74) is 1.04. The predicted octanol–water partition coefficient (Wildman–Crippen LogP) is 3.30. The van der Waals surface area contributed by atoms with Gasteiger partial charge in [0.1, 0.15) is 30.0 Å². The van der Waals surface area contributed by atoms with E-state index in [1.165, 1.54) is 12.1 Å². The molecule has 2 rings (SSSR count). The van der Waals surface area contributed by atoms with Gasteiger partial charge in [0, 0.05) is 13.0 Å². The number of aryl methyl sites for hydroxylation is 1. The molecule has 0 saturated carbocycles. The van der Waals surface area contributed by atoms with Crippen molar-refractivity contribution in [2.45, 2.75) is 65.1 Å². The number of alkyl carbamates (subject to hydrolysis) is 1. The Balaban J connectivity index is 2.47. The molecule has 0 aliphatic rings. The first-order valence-corrected chi connectivity index (χ1v) is 13.3. The molecule has 0 saturated heterocycles. The Morgan fingerprint density at radius 3 is 2.37 bits per heavy atom. The largest absolute Gasteiger partial charge is 0.508 e. The molecule has 0 aliphatic heterocycles. The molecule has 0 spiro atoms. The number of amides is 3. The van der Waals surface area contributed by atoms with E-state index in [1.54, 1.807) is 58.0 Å². The number of nitrogens with one attached hydrogen (secondary N) is 2. The number of hydrogen-bond acceptors (Lipinski definition) is 8. The molecule has 0 radical (unpaired) electrons. The number of nitrogens with zero attached hydrogens (tertiary/aromatic N) is 2. The van der Waals surface area contributed by atoms with Gasteiger partial charge in [-0.2, -0.15) is 5.26 Å². The molecule has 220 valence electrons. The van der Waals surface area contributed by atoms with Crippen molar-refractivity contribution in [2.24, 2.45) is 0 Å². The van der Waals surface area contributed by atoms with Gasteiger partial charge in [-0.1, -0.05) is 42.0 Å². The molecular weight excluding hydrogens is 528 g/mol. The second kappa shape index (κ2) is 15.3. The molecule has 0 aromatic heterocycles. The second-order valence-corrected chi connectivity index (χ2v) is 10.4. The average Bonchev–Trinajstić information content (AvgIpc) is 2.88. The zero-order valence-corrected chi connectivity index (χ0v) is 24.1. The van der Waals surface area contributed by atoms with Gasteiger partial charge in [0.15, 0.2) is 0 Å². The van der Waals surface area contributed by atoms with Crippen LogP contribution in [0.3, 0.4) is 0 Å². The summed E-state index contributed by atoms with van der Waals surface area (Å²) in [5, 5.41) is 24.6. The first kappa shape index (κ1) is 32.6. The van der Waals surface area contributed by atoms with Crippen LogP contribution in [0.25, 0.3) is 0 Å². The quantitative estimate of drug-likeness (QED) is 0.261. The summed E-state index contributed by atoms with van der Waals surface area (Å²) in [5.74, 6) is -1.76. The van der Waals surface area contributed by atoms with Crippen molar-refractivity contribution in [3.8, 4) is 11.8 Å². The molecule has 0 aliphatic carbocycles. The summed E-state index contributed by atoms with van der Waals surface area (Å²) >= 11 is 0. The van der Waals surface area contributed by atoms with Crippen molar-refractivity contribution in [2.75, 3.05) is 19.7 Å². The minimum absolute atomic E-state index is 0.00863. The first-order chi connectivity index (χ1) is 19.3. The fourth-order valence-electron chi connectivity index (χ4n) is 4.02. The maximum absolute atomic E-state index is 14.1. The van der Waals surface area contributed by atoms with Crippen LogP contribution in [0, 0.1) is 18.3 Å². The highest BCUT2D eigenvalue weighted by atomic mass is 16.6. The third-order valence-corrected chi connectivity index (χ3v) is 5.74. The molecule has 2 atom stereocenters. The van der Waals surface area contributed by atoms with Gasteiger partial charge in [0.2, 0.25) is 11.8 Å². The van der Waals surface area contributed by atoms with Crippen LogP contribution in [0.15, 0.2) is 48.5 Å². The van der Waals surface area contributed by atoms with Gasteiger partial charge in [0.05, 0.1) is 19.1 Å². The minimum atomic E-state index is -1.24. The molecule has 3 N–H and O–H groups in total. The Morgan fingerprint density at radius 1 is 1.10 bits per heavy atom. The second-order valence-electron chi connectivity index (χ2n) is 10.4. The number of nitriles is 1. The lowest BCUT2D eigenvalue weighted by Crippen LogP contribution is -2.54. The van der Waals surface area contributed by atoms with Gasteiger partial charge in [-0.15, -0.1) is 0 Å². The van der Waals surface area contributed by atoms with Crippen LogP contribution >= 0.6 is 0 Å². The van der Waals surface area contributed by atoms with Gasteiger partial charge >= 0.3 is 12.1 Å². The summed E-state index contributed by atoms with van der Waals surface area (Å²) in [6.07, 6.45) is -0.932. The van der Waals surface area contributed by atoms with E-state index in [1.807, 2.05) is 19.1 Å². The molecule has 2 aromatic carbocycles. The normalized spacial score (nSPS) is 12.3. The van der Waals surface area contributed by atoms with Crippen LogP contribution in [0.1, 0.15) is 56.8 Å². The third kappa shape index (κ3) is 10.8. The lowest BCUT2D eigenvalue weighted by atomic mass is 9.99. The van der Waals surface area contributed by atoms with Crippen LogP contribution in [0.2, 0.25) is 0 Å². The topological polar surface area (TPSA) is 158 Å².